The minimum absolute atomic E-state index is 0.184. The monoisotopic (exact) mass is 403 g/mol. The van der Waals surface area contributed by atoms with Crippen LogP contribution in [-0.4, -0.2) is 29.2 Å². The molecule has 0 spiro atoms. The molecule has 25 heavy (non-hydrogen) atoms. The lowest BCUT2D eigenvalue weighted by molar-refractivity contribution is 0.0646. The second-order valence-corrected chi connectivity index (χ2v) is 6.60. The molecule has 0 bridgehead atoms. The van der Waals surface area contributed by atoms with Crippen molar-refractivity contribution < 1.29 is 9.21 Å². The quantitative estimate of drug-likeness (QED) is 0.360. The number of nitrogens with two attached hydrogens (primary N) is 1. The molecule has 1 fully saturated rings. The van der Waals surface area contributed by atoms with Gasteiger partial charge in [0.15, 0.2) is 5.76 Å². The molecule has 2 aromatic rings. The zero-order valence-electron chi connectivity index (χ0n) is 13.5. The molecule has 8 heteroatoms. The summed E-state index contributed by atoms with van der Waals surface area (Å²) in [6.07, 6.45) is 4.13. The molecule has 2 N–H and O–H groups in total. The van der Waals surface area contributed by atoms with Gasteiger partial charge in [0.2, 0.25) is 0 Å². The van der Waals surface area contributed by atoms with E-state index < -0.39 is 0 Å². The molecule has 1 unspecified atom stereocenters. The average molecular weight is 404 g/mol. The molecule has 1 amide bonds. The highest BCUT2D eigenvalue weighted by Crippen LogP contribution is 2.21. The fraction of sp³-hybridized carbons (Fsp3) is 0.294. The Morgan fingerprint density at radius 3 is 2.92 bits per heavy atom. The number of carbonyl (C=O) groups is 1. The highest BCUT2D eigenvalue weighted by atomic mass is 79.9. The number of furan rings is 1. The van der Waals surface area contributed by atoms with E-state index in [1.165, 1.54) is 6.26 Å². The number of likely N-dealkylation sites (tertiary alicyclic amines) is 1. The Labute approximate surface area is 153 Å². The summed E-state index contributed by atoms with van der Waals surface area (Å²) in [5.41, 5.74) is 6.75. The van der Waals surface area contributed by atoms with Crippen molar-refractivity contribution in [3.63, 3.8) is 0 Å². The second kappa shape index (κ2) is 8.06. The van der Waals surface area contributed by atoms with Crippen molar-refractivity contribution in [3.05, 3.63) is 52.9 Å². The Bertz CT molecular complexity index is 788. The Balaban J connectivity index is 1.74. The van der Waals surface area contributed by atoms with Crippen LogP contribution < -0.4 is 5.73 Å². The van der Waals surface area contributed by atoms with Gasteiger partial charge in [0.05, 0.1) is 18.0 Å². The van der Waals surface area contributed by atoms with Gasteiger partial charge < -0.3 is 15.1 Å². The van der Waals surface area contributed by atoms with Crippen LogP contribution in [0.3, 0.4) is 0 Å². The number of piperidine rings is 1. The lowest BCUT2D eigenvalue weighted by atomic mass is 10.0. The predicted molar refractivity (Wildman–Crippen MR) is 97.7 cm³/mol. The van der Waals surface area contributed by atoms with Crippen LogP contribution in [0.2, 0.25) is 0 Å². The van der Waals surface area contributed by atoms with Crippen molar-refractivity contribution >= 4 is 33.4 Å². The molecule has 1 aromatic carbocycles. The number of benzene rings is 1. The SMILES string of the molecule is NC(=NN=Nc1cccc(Br)c1)C1CCCCN1C(=O)c1ccco1. The lowest BCUT2D eigenvalue weighted by Gasteiger charge is -2.34. The molecule has 1 saturated heterocycles. The van der Waals surface area contributed by atoms with Crippen LogP contribution in [0.25, 0.3) is 0 Å². The van der Waals surface area contributed by atoms with Crippen LogP contribution in [0.5, 0.6) is 0 Å². The first-order valence-corrected chi connectivity index (χ1v) is 8.78. The van der Waals surface area contributed by atoms with E-state index >= 15 is 0 Å². The Morgan fingerprint density at radius 2 is 2.16 bits per heavy atom. The zero-order chi connectivity index (χ0) is 17.6. The number of halogens is 1. The normalized spacial score (nSPS) is 18.7. The van der Waals surface area contributed by atoms with E-state index in [9.17, 15) is 4.79 Å². The van der Waals surface area contributed by atoms with Gasteiger partial charge in [-0.2, -0.15) is 0 Å². The van der Waals surface area contributed by atoms with E-state index in [-0.39, 0.29) is 17.8 Å². The molecule has 3 rings (SSSR count). The van der Waals surface area contributed by atoms with Crippen molar-refractivity contribution in [3.8, 4) is 0 Å². The van der Waals surface area contributed by atoms with Gasteiger partial charge in [-0.1, -0.05) is 22.0 Å². The minimum atomic E-state index is -0.298. The van der Waals surface area contributed by atoms with Gasteiger partial charge in [0.1, 0.15) is 5.84 Å². The van der Waals surface area contributed by atoms with Crippen LogP contribution in [0.4, 0.5) is 5.69 Å². The van der Waals surface area contributed by atoms with Crippen LogP contribution in [0.1, 0.15) is 29.8 Å². The molecule has 0 saturated carbocycles. The van der Waals surface area contributed by atoms with E-state index in [0.717, 1.165) is 23.7 Å². The molecular formula is C17H18BrN5O2. The summed E-state index contributed by atoms with van der Waals surface area (Å²) >= 11 is 3.37. The molecule has 1 aromatic heterocycles. The Hall–Kier alpha value is -2.48. The fourth-order valence-electron chi connectivity index (χ4n) is 2.75. The summed E-state index contributed by atoms with van der Waals surface area (Å²) in [5.74, 6) is 0.394. The first-order chi connectivity index (χ1) is 12.1. The fourth-order valence-corrected chi connectivity index (χ4v) is 3.14. The van der Waals surface area contributed by atoms with Crippen molar-refractivity contribution in [1.29, 1.82) is 0 Å². The van der Waals surface area contributed by atoms with Crippen molar-refractivity contribution in [2.45, 2.75) is 25.3 Å². The molecular weight excluding hydrogens is 386 g/mol. The third kappa shape index (κ3) is 4.33. The maximum absolute atomic E-state index is 12.6. The molecule has 1 aliphatic heterocycles. The van der Waals surface area contributed by atoms with Gasteiger partial charge in [-0.05, 0) is 54.8 Å². The number of hydrogen-bond donors (Lipinski definition) is 1. The van der Waals surface area contributed by atoms with Gasteiger partial charge in [0.25, 0.3) is 5.91 Å². The smallest absolute Gasteiger partial charge is 0.290 e. The molecule has 1 atom stereocenters. The maximum Gasteiger partial charge on any atom is 0.290 e. The minimum Gasteiger partial charge on any atom is -0.459 e. The van der Waals surface area contributed by atoms with Gasteiger partial charge in [-0.3, -0.25) is 4.79 Å². The zero-order valence-corrected chi connectivity index (χ0v) is 15.1. The molecule has 2 heterocycles. The molecule has 7 nitrogen and oxygen atoms in total. The second-order valence-electron chi connectivity index (χ2n) is 5.68. The first-order valence-electron chi connectivity index (χ1n) is 7.99. The van der Waals surface area contributed by atoms with E-state index in [2.05, 4.69) is 31.4 Å². The maximum atomic E-state index is 12.6. The van der Waals surface area contributed by atoms with Gasteiger partial charge >= 0.3 is 0 Å². The number of amides is 1. The molecule has 130 valence electrons. The van der Waals surface area contributed by atoms with Crippen molar-refractivity contribution in [2.75, 3.05) is 6.54 Å². The first kappa shape index (κ1) is 17.3. The van der Waals surface area contributed by atoms with Gasteiger partial charge in [-0.25, -0.2) is 0 Å². The largest absolute Gasteiger partial charge is 0.459 e. The van der Waals surface area contributed by atoms with Crippen LogP contribution in [0.15, 0.2) is 67.0 Å². The third-order valence-electron chi connectivity index (χ3n) is 3.97. The number of hydrogen-bond acceptors (Lipinski definition) is 4. The topological polar surface area (TPSA) is 96.5 Å². The van der Waals surface area contributed by atoms with Crippen molar-refractivity contribution in [2.24, 2.45) is 21.2 Å². The van der Waals surface area contributed by atoms with Crippen LogP contribution in [0, 0.1) is 0 Å². The number of amidine groups is 1. The average Bonchev–Trinajstić information content (AvgIpc) is 3.16. The Kier molecular flexibility index (Phi) is 5.60. The van der Waals surface area contributed by atoms with E-state index in [4.69, 9.17) is 10.2 Å². The summed E-state index contributed by atoms with van der Waals surface area (Å²) in [4.78, 5) is 14.3. The standard InChI is InChI=1S/C17H18BrN5O2/c18-12-5-3-6-13(11-12)20-22-21-16(19)14-7-1-2-9-23(14)17(24)15-8-4-10-25-15/h3-6,8,10-11,14H,1-2,7,9H2,(H2,19,20,21). The lowest BCUT2D eigenvalue weighted by Crippen LogP contribution is -2.50. The molecule has 0 radical (unpaired) electrons. The predicted octanol–water partition coefficient (Wildman–Crippen LogP) is 4.09. The highest BCUT2D eigenvalue weighted by Gasteiger charge is 2.31. The third-order valence-corrected chi connectivity index (χ3v) is 4.46. The summed E-state index contributed by atoms with van der Waals surface area (Å²) in [7, 11) is 0. The van der Waals surface area contributed by atoms with E-state index in [1.54, 1.807) is 17.0 Å². The van der Waals surface area contributed by atoms with Crippen LogP contribution in [-0.2, 0) is 0 Å². The van der Waals surface area contributed by atoms with Gasteiger partial charge in [-0.15, -0.1) is 10.2 Å². The summed E-state index contributed by atoms with van der Waals surface area (Å²) in [6, 6.07) is 10.4. The number of nitrogens with zero attached hydrogens (tertiary/aromatic N) is 4. The number of carbonyl (C=O) groups excluding carboxylic acids is 1. The molecule has 0 aliphatic carbocycles. The number of rotatable bonds is 4. The summed E-state index contributed by atoms with van der Waals surface area (Å²) in [5, 5.41) is 11.8. The Morgan fingerprint density at radius 1 is 1.28 bits per heavy atom. The van der Waals surface area contributed by atoms with Gasteiger partial charge in [0, 0.05) is 11.0 Å². The highest BCUT2D eigenvalue weighted by molar-refractivity contribution is 9.10. The summed E-state index contributed by atoms with van der Waals surface area (Å²) in [6.45, 7) is 0.614. The van der Waals surface area contributed by atoms with E-state index in [1.807, 2.05) is 24.3 Å². The summed E-state index contributed by atoms with van der Waals surface area (Å²) < 4.78 is 6.11. The van der Waals surface area contributed by atoms with E-state index in [0.29, 0.717) is 18.0 Å². The molecule has 1 aliphatic rings. The van der Waals surface area contributed by atoms with Crippen LogP contribution >= 0.6 is 15.9 Å². The van der Waals surface area contributed by atoms with Crippen molar-refractivity contribution in [1.82, 2.24) is 4.90 Å².